The molecule has 126 valence electrons. The summed E-state index contributed by atoms with van der Waals surface area (Å²) in [6.45, 7) is 2.84. The quantitative estimate of drug-likeness (QED) is 0.739. The van der Waals surface area contributed by atoms with E-state index in [1.54, 1.807) is 23.1 Å². The molecule has 1 atom stereocenters. The fraction of sp³-hybridized carbons (Fsp3) is 0.368. The molecular formula is C19H19N5O. The van der Waals surface area contributed by atoms with Crippen LogP contribution in [-0.2, 0) is 4.79 Å². The molecule has 0 radical (unpaired) electrons. The number of pyridine rings is 1. The summed E-state index contributed by atoms with van der Waals surface area (Å²) < 4.78 is 1.80. The first kappa shape index (κ1) is 14.6. The van der Waals surface area contributed by atoms with Crippen LogP contribution in [-0.4, -0.2) is 32.0 Å². The minimum absolute atomic E-state index is 0.203. The molecule has 1 saturated carbocycles. The van der Waals surface area contributed by atoms with Crippen molar-refractivity contribution < 1.29 is 4.79 Å². The molecule has 3 aromatic heterocycles. The van der Waals surface area contributed by atoms with E-state index >= 15 is 0 Å². The summed E-state index contributed by atoms with van der Waals surface area (Å²) >= 11 is 0. The van der Waals surface area contributed by atoms with E-state index in [9.17, 15) is 4.79 Å². The lowest BCUT2D eigenvalue weighted by Gasteiger charge is -2.23. The van der Waals surface area contributed by atoms with Crippen LogP contribution in [0, 0.1) is 11.3 Å². The fourth-order valence-corrected chi connectivity index (χ4v) is 3.92. The van der Waals surface area contributed by atoms with Crippen LogP contribution < -0.4 is 4.90 Å². The molecule has 6 nitrogen and oxygen atoms in total. The van der Waals surface area contributed by atoms with Gasteiger partial charge in [0.15, 0.2) is 5.82 Å². The van der Waals surface area contributed by atoms with Gasteiger partial charge in [0, 0.05) is 24.5 Å². The van der Waals surface area contributed by atoms with Crippen molar-refractivity contribution in [2.24, 2.45) is 11.3 Å². The summed E-state index contributed by atoms with van der Waals surface area (Å²) in [6.07, 6.45) is 10.4. The number of aromatic nitrogens is 4. The minimum Gasteiger partial charge on any atom is -0.294 e. The van der Waals surface area contributed by atoms with Gasteiger partial charge in [0.1, 0.15) is 5.52 Å². The fourth-order valence-electron chi connectivity index (χ4n) is 3.92. The van der Waals surface area contributed by atoms with Crippen LogP contribution in [0.25, 0.3) is 16.8 Å². The van der Waals surface area contributed by atoms with E-state index in [1.165, 1.54) is 12.8 Å². The monoisotopic (exact) mass is 333 g/mol. The second-order valence-electron chi connectivity index (χ2n) is 7.25. The molecule has 5 rings (SSSR count). The average Bonchev–Trinajstić information content (AvgIpc) is 3.32. The zero-order valence-corrected chi connectivity index (χ0v) is 14.1. The van der Waals surface area contributed by atoms with Gasteiger partial charge in [0.05, 0.1) is 23.5 Å². The Bertz CT molecular complexity index is 962. The molecule has 2 fully saturated rings. The number of rotatable bonds is 3. The van der Waals surface area contributed by atoms with Gasteiger partial charge in [-0.05, 0) is 43.4 Å². The summed E-state index contributed by atoms with van der Waals surface area (Å²) in [5.41, 5.74) is 2.31. The molecule has 0 aromatic carbocycles. The molecule has 0 unspecified atom stereocenters. The standard InChI is InChI=1S/C19H19N5O/c1-19(14-4-5-14)7-10-23(18(19)25)17-16-6-9-21-24(16)12-15(22-17)13-3-2-8-20-11-13/h2-3,6,8-9,11-12,14H,4-5,7,10H2,1H3/t19-/m0/s1. The lowest BCUT2D eigenvalue weighted by atomic mass is 9.83. The number of carbonyl (C=O) groups excluding carboxylic acids is 1. The largest absolute Gasteiger partial charge is 0.294 e. The number of nitrogens with zero attached hydrogens (tertiary/aromatic N) is 5. The lowest BCUT2D eigenvalue weighted by molar-refractivity contribution is -0.125. The van der Waals surface area contributed by atoms with E-state index in [4.69, 9.17) is 4.98 Å². The van der Waals surface area contributed by atoms with Crippen LogP contribution in [0.2, 0.25) is 0 Å². The Morgan fingerprint density at radius 3 is 2.88 bits per heavy atom. The highest BCUT2D eigenvalue weighted by molar-refractivity contribution is 6.02. The van der Waals surface area contributed by atoms with E-state index < -0.39 is 0 Å². The maximum Gasteiger partial charge on any atom is 0.234 e. The highest BCUT2D eigenvalue weighted by Crippen LogP contribution is 2.52. The molecule has 2 aliphatic rings. The van der Waals surface area contributed by atoms with Gasteiger partial charge in [0.25, 0.3) is 0 Å². The van der Waals surface area contributed by atoms with Crippen LogP contribution in [0.3, 0.4) is 0 Å². The second-order valence-corrected chi connectivity index (χ2v) is 7.25. The van der Waals surface area contributed by atoms with Gasteiger partial charge in [-0.15, -0.1) is 0 Å². The molecule has 1 aliphatic heterocycles. The van der Waals surface area contributed by atoms with Gasteiger partial charge >= 0.3 is 0 Å². The molecule has 25 heavy (non-hydrogen) atoms. The van der Waals surface area contributed by atoms with Gasteiger partial charge < -0.3 is 0 Å². The molecule has 3 aromatic rings. The van der Waals surface area contributed by atoms with Crippen molar-refractivity contribution in [3.8, 4) is 11.3 Å². The highest BCUT2D eigenvalue weighted by Gasteiger charge is 2.53. The van der Waals surface area contributed by atoms with Gasteiger partial charge in [0.2, 0.25) is 5.91 Å². The van der Waals surface area contributed by atoms with Gasteiger partial charge in [-0.3, -0.25) is 14.7 Å². The zero-order valence-electron chi connectivity index (χ0n) is 14.1. The highest BCUT2D eigenvalue weighted by atomic mass is 16.2. The first-order chi connectivity index (χ1) is 12.2. The van der Waals surface area contributed by atoms with E-state index in [0.717, 1.165) is 29.7 Å². The van der Waals surface area contributed by atoms with Crippen LogP contribution in [0.4, 0.5) is 5.82 Å². The Labute approximate surface area is 145 Å². The molecule has 0 bridgehead atoms. The van der Waals surface area contributed by atoms with E-state index in [0.29, 0.717) is 11.7 Å². The predicted octanol–water partition coefficient (Wildman–Crippen LogP) is 2.94. The SMILES string of the molecule is C[C@@]1(C2CC2)CCN(c2nc(-c3cccnc3)cn3nccc23)C1=O. The topological polar surface area (TPSA) is 63.4 Å². The Balaban J connectivity index is 1.63. The predicted molar refractivity (Wildman–Crippen MR) is 94.0 cm³/mol. The Hall–Kier alpha value is -2.76. The summed E-state index contributed by atoms with van der Waals surface area (Å²) in [7, 11) is 0. The Morgan fingerprint density at radius 2 is 2.12 bits per heavy atom. The maximum absolute atomic E-state index is 13.2. The minimum atomic E-state index is -0.233. The summed E-state index contributed by atoms with van der Waals surface area (Å²) in [5.74, 6) is 1.44. The molecule has 1 saturated heterocycles. The molecule has 4 heterocycles. The van der Waals surface area contributed by atoms with E-state index in [2.05, 4.69) is 17.0 Å². The average molecular weight is 333 g/mol. The summed E-state index contributed by atoms with van der Waals surface area (Å²) in [4.78, 5) is 24.0. The third kappa shape index (κ3) is 2.17. The summed E-state index contributed by atoms with van der Waals surface area (Å²) in [6, 6.07) is 5.76. The number of hydrogen-bond donors (Lipinski definition) is 0. The lowest BCUT2D eigenvalue weighted by Crippen LogP contribution is -2.34. The van der Waals surface area contributed by atoms with Crippen LogP contribution in [0.15, 0.2) is 43.0 Å². The van der Waals surface area contributed by atoms with Crippen molar-refractivity contribution in [3.63, 3.8) is 0 Å². The summed E-state index contributed by atoms with van der Waals surface area (Å²) in [5, 5.41) is 4.36. The van der Waals surface area contributed by atoms with E-state index in [1.807, 2.05) is 29.3 Å². The number of anilines is 1. The Morgan fingerprint density at radius 1 is 1.24 bits per heavy atom. The van der Waals surface area contributed by atoms with Crippen LogP contribution in [0.1, 0.15) is 26.2 Å². The Kier molecular flexibility index (Phi) is 2.98. The molecule has 0 N–H and O–H groups in total. The molecule has 1 aliphatic carbocycles. The van der Waals surface area contributed by atoms with Crippen molar-refractivity contribution in [3.05, 3.63) is 43.0 Å². The normalized spacial score (nSPS) is 23.6. The van der Waals surface area contributed by atoms with Crippen molar-refractivity contribution in [1.82, 2.24) is 19.6 Å². The first-order valence-electron chi connectivity index (χ1n) is 8.73. The third-order valence-electron chi connectivity index (χ3n) is 5.65. The zero-order chi connectivity index (χ0) is 17.0. The maximum atomic E-state index is 13.2. The molecule has 6 heteroatoms. The van der Waals surface area contributed by atoms with Crippen molar-refractivity contribution >= 4 is 17.2 Å². The molecular weight excluding hydrogens is 314 g/mol. The number of fused-ring (bicyclic) bond motifs is 1. The third-order valence-corrected chi connectivity index (χ3v) is 5.65. The molecule has 0 spiro atoms. The van der Waals surface area contributed by atoms with E-state index in [-0.39, 0.29) is 11.3 Å². The van der Waals surface area contributed by atoms with Gasteiger partial charge in [-0.25, -0.2) is 9.50 Å². The van der Waals surface area contributed by atoms with Gasteiger partial charge in [-0.2, -0.15) is 5.10 Å². The molecule has 1 amide bonds. The number of carbonyl (C=O) groups is 1. The van der Waals surface area contributed by atoms with Crippen molar-refractivity contribution in [2.75, 3.05) is 11.4 Å². The van der Waals surface area contributed by atoms with Crippen LogP contribution in [0.5, 0.6) is 0 Å². The second kappa shape index (κ2) is 5.12. The van der Waals surface area contributed by atoms with Crippen molar-refractivity contribution in [2.45, 2.75) is 26.2 Å². The number of amides is 1. The van der Waals surface area contributed by atoms with Crippen LogP contribution >= 0.6 is 0 Å². The van der Waals surface area contributed by atoms with Gasteiger partial charge in [-0.1, -0.05) is 6.92 Å². The number of hydrogen-bond acceptors (Lipinski definition) is 4. The first-order valence-corrected chi connectivity index (χ1v) is 8.73. The smallest absolute Gasteiger partial charge is 0.234 e. The van der Waals surface area contributed by atoms with Crippen molar-refractivity contribution in [1.29, 1.82) is 0 Å².